The Kier molecular flexibility index (Phi) is 5.79. The number of carbonyl (C=O) groups excluding carboxylic acids is 1. The summed E-state index contributed by atoms with van der Waals surface area (Å²) in [6.45, 7) is 2.14. The minimum Gasteiger partial charge on any atom is -0.324 e. The number of hydrogen-bond donors (Lipinski definition) is 1. The zero-order chi connectivity index (χ0) is 11.8. The zero-order valence-electron chi connectivity index (χ0n) is 9.99. The summed E-state index contributed by atoms with van der Waals surface area (Å²) in [6, 6.07) is 9.68. The van der Waals surface area contributed by atoms with Crippen LogP contribution in [-0.2, 0) is 4.79 Å². The van der Waals surface area contributed by atoms with E-state index in [1.54, 1.807) is 0 Å². The molecule has 0 radical (unpaired) electrons. The van der Waals surface area contributed by atoms with Crippen LogP contribution in [0.15, 0.2) is 30.3 Å². The molecule has 0 saturated heterocycles. The van der Waals surface area contributed by atoms with Crippen molar-refractivity contribution >= 4 is 5.78 Å². The molecule has 2 N–H and O–H groups in total. The third kappa shape index (κ3) is 4.58. The molecule has 0 spiro atoms. The van der Waals surface area contributed by atoms with Gasteiger partial charge in [-0.1, -0.05) is 50.1 Å². The minimum absolute atomic E-state index is 0.143. The van der Waals surface area contributed by atoms with E-state index in [-0.39, 0.29) is 11.8 Å². The molecule has 2 heteroatoms. The van der Waals surface area contributed by atoms with Crippen LogP contribution in [0.2, 0.25) is 0 Å². The highest BCUT2D eigenvalue weighted by Gasteiger charge is 2.10. The van der Waals surface area contributed by atoms with Gasteiger partial charge in [0, 0.05) is 18.9 Å². The average molecular weight is 219 g/mol. The van der Waals surface area contributed by atoms with Crippen LogP contribution in [0.4, 0.5) is 0 Å². The summed E-state index contributed by atoms with van der Waals surface area (Å²) in [5, 5.41) is 0. The Labute approximate surface area is 97.9 Å². The van der Waals surface area contributed by atoms with E-state index in [2.05, 4.69) is 6.92 Å². The van der Waals surface area contributed by atoms with E-state index < -0.39 is 0 Å². The van der Waals surface area contributed by atoms with E-state index in [0.717, 1.165) is 24.8 Å². The molecule has 0 amide bonds. The molecule has 1 unspecified atom stereocenters. The summed E-state index contributed by atoms with van der Waals surface area (Å²) in [4.78, 5) is 11.6. The van der Waals surface area contributed by atoms with Crippen molar-refractivity contribution in [3.05, 3.63) is 35.9 Å². The van der Waals surface area contributed by atoms with Crippen LogP contribution in [0.5, 0.6) is 0 Å². The van der Waals surface area contributed by atoms with Crippen LogP contribution >= 0.6 is 0 Å². The molecular formula is C14H21NO. The van der Waals surface area contributed by atoms with Gasteiger partial charge in [0.05, 0.1) is 0 Å². The molecule has 0 fully saturated rings. The molecule has 0 bridgehead atoms. The topological polar surface area (TPSA) is 43.1 Å². The standard InChI is InChI=1S/C14H21NO/c1-2-3-5-10-13(16)11-14(15)12-8-6-4-7-9-12/h4,6-9,14H,2-3,5,10-11,15H2,1H3. The SMILES string of the molecule is CCCCCC(=O)CC(N)c1ccccc1. The third-order valence-electron chi connectivity index (χ3n) is 2.73. The average Bonchev–Trinajstić information content (AvgIpc) is 2.30. The van der Waals surface area contributed by atoms with Gasteiger partial charge < -0.3 is 5.73 Å². The van der Waals surface area contributed by atoms with Crippen molar-refractivity contribution in [1.29, 1.82) is 0 Å². The van der Waals surface area contributed by atoms with E-state index in [4.69, 9.17) is 5.73 Å². The van der Waals surface area contributed by atoms with Crippen molar-refractivity contribution in [2.75, 3.05) is 0 Å². The lowest BCUT2D eigenvalue weighted by Crippen LogP contribution is -2.15. The van der Waals surface area contributed by atoms with Crippen molar-refractivity contribution in [3.63, 3.8) is 0 Å². The number of Topliss-reactive ketones (excluding diaryl/α,β-unsaturated/α-hetero) is 1. The molecule has 0 aliphatic heterocycles. The van der Waals surface area contributed by atoms with Gasteiger partial charge in [-0.2, -0.15) is 0 Å². The minimum atomic E-state index is -0.143. The molecule has 1 rings (SSSR count). The summed E-state index contributed by atoms with van der Waals surface area (Å²) in [6.07, 6.45) is 4.42. The van der Waals surface area contributed by atoms with Crippen molar-refractivity contribution in [2.45, 2.75) is 45.1 Å². The highest BCUT2D eigenvalue weighted by Crippen LogP contribution is 2.15. The first-order valence-corrected chi connectivity index (χ1v) is 6.06. The van der Waals surface area contributed by atoms with Crippen molar-refractivity contribution in [1.82, 2.24) is 0 Å². The molecule has 0 aromatic heterocycles. The molecular weight excluding hydrogens is 198 g/mol. The van der Waals surface area contributed by atoms with Gasteiger partial charge in [-0.15, -0.1) is 0 Å². The van der Waals surface area contributed by atoms with E-state index in [1.165, 1.54) is 0 Å². The number of rotatable bonds is 7. The summed E-state index contributed by atoms with van der Waals surface area (Å²) >= 11 is 0. The van der Waals surface area contributed by atoms with Crippen LogP contribution < -0.4 is 5.73 Å². The van der Waals surface area contributed by atoms with Crippen LogP contribution in [0.3, 0.4) is 0 Å². The van der Waals surface area contributed by atoms with Gasteiger partial charge in [-0.3, -0.25) is 4.79 Å². The van der Waals surface area contributed by atoms with E-state index in [1.807, 2.05) is 30.3 Å². The van der Waals surface area contributed by atoms with Crippen molar-refractivity contribution in [2.24, 2.45) is 5.73 Å². The van der Waals surface area contributed by atoms with Gasteiger partial charge >= 0.3 is 0 Å². The van der Waals surface area contributed by atoms with Crippen LogP contribution in [0.1, 0.15) is 50.6 Å². The summed E-state index contributed by atoms with van der Waals surface area (Å²) in [7, 11) is 0. The molecule has 2 nitrogen and oxygen atoms in total. The number of carbonyl (C=O) groups is 1. The normalized spacial score (nSPS) is 12.4. The first kappa shape index (κ1) is 12.9. The molecule has 1 atom stereocenters. The summed E-state index contributed by atoms with van der Waals surface area (Å²) in [5.41, 5.74) is 7.03. The second-order valence-electron chi connectivity index (χ2n) is 4.22. The number of benzene rings is 1. The van der Waals surface area contributed by atoms with Gasteiger partial charge in [0.2, 0.25) is 0 Å². The quantitative estimate of drug-likeness (QED) is 0.715. The van der Waals surface area contributed by atoms with Gasteiger partial charge in [-0.25, -0.2) is 0 Å². The second kappa shape index (κ2) is 7.18. The second-order valence-corrected chi connectivity index (χ2v) is 4.22. The third-order valence-corrected chi connectivity index (χ3v) is 2.73. The fourth-order valence-corrected chi connectivity index (χ4v) is 1.74. The smallest absolute Gasteiger partial charge is 0.134 e. The molecule has 88 valence electrons. The first-order chi connectivity index (χ1) is 7.74. The molecule has 1 aromatic carbocycles. The zero-order valence-corrected chi connectivity index (χ0v) is 9.99. The van der Waals surface area contributed by atoms with E-state index in [0.29, 0.717) is 12.8 Å². The summed E-state index contributed by atoms with van der Waals surface area (Å²) < 4.78 is 0. The Morgan fingerprint density at radius 2 is 1.94 bits per heavy atom. The Balaban J connectivity index is 2.34. The Hall–Kier alpha value is -1.15. The van der Waals surface area contributed by atoms with Crippen LogP contribution in [-0.4, -0.2) is 5.78 Å². The maximum atomic E-state index is 11.6. The lowest BCUT2D eigenvalue weighted by molar-refractivity contribution is -0.119. The molecule has 1 aromatic rings. The Morgan fingerprint density at radius 1 is 1.25 bits per heavy atom. The molecule has 0 aliphatic carbocycles. The monoisotopic (exact) mass is 219 g/mol. The van der Waals surface area contributed by atoms with Crippen molar-refractivity contribution in [3.8, 4) is 0 Å². The summed E-state index contributed by atoms with van der Waals surface area (Å²) in [5.74, 6) is 0.282. The lowest BCUT2D eigenvalue weighted by Gasteiger charge is -2.10. The largest absolute Gasteiger partial charge is 0.324 e. The Morgan fingerprint density at radius 3 is 2.56 bits per heavy atom. The molecule has 0 heterocycles. The molecule has 0 aliphatic rings. The highest BCUT2D eigenvalue weighted by atomic mass is 16.1. The van der Waals surface area contributed by atoms with Gasteiger partial charge in [0.25, 0.3) is 0 Å². The lowest BCUT2D eigenvalue weighted by atomic mass is 10.00. The number of ketones is 1. The Bertz CT molecular complexity index is 308. The van der Waals surface area contributed by atoms with Gasteiger partial charge in [-0.05, 0) is 12.0 Å². The fraction of sp³-hybridized carbons (Fsp3) is 0.500. The molecule has 0 saturated carbocycles. The fourth-order valence-electron chi connectivity index (χ4n) is 1.74. The van der Waals surface area contributed by atoms with Crippen LogP contribution in [0.25, 0.3) is 0 Å². The van der Waals surface area contributed by atoms with Crippen LogP contribution in [0, 0.1) is 0 Å². The number of nitrogens with two attached hydrogens (primary N) is 1. The van der Waals surface area contributed by atoms with Crippen molar-refractivity contribution < 1.29 is 4.79 Å². The highest BCUT2D eigenvalue weighted by molar-refractivity contribution is 5.79. The van der Waals surface area contributed by atoms with E-state index in [9.17, 15) is 4.79 Å². The predicted molar refractivity (Wildman–Crippen MR) is 67.1 cm³/mol. The maximum Gasteiger partial charge on any atom is 0.134 e. The maximum absolute atomic E-state index is 11.6. The van der Waals surface area contributed by atoms with Gasteiger partial charge in [0.15, 0.2) is 0 Å². The molecule has 16 heavy (non-hydrogen) atoms. The number of unbranched alkanes of at least 4 members (excludes halogenated alkanes) is 2. The number of hydrogen-bond acceptors (Lipinski definition) is 2. The van der Waals surface area contributed by atoms with Gasteiger partial charge in [0.1, 0.15) is 5.78 Å². The van der Waals surface area contributed by atoms with E-state index >= 15 is 0 Å². The predicted octanol–water partition coefficient (Wildman–Crippen LogP) is 3.23. The first-order valence-electron chi connectivity index (χ1n) is 6.06.